The van der Waals surface area contributed by atoms with E-state index in [1.165, 1.54) is 69.3 Å². The molecular weight excluding hydrogens is 614 g/mol. The van der Waals surface area contributed by atoms with Gasteiger partial charge in [0, 0.05) is 30.6 Å². The fourth-order valence-electron chi connectivity index (χ4n) is 5.27. The fourth-order valence-corrected chi connectivity index (χ4v) is 6.41. The maximum atomic E-state index is 16.1. The number of amides is 3. The molecule has 0 aromatic heterocycles. The highest BCUT2D eigenvalue weighted by Gasteiger charge is 2.69. The lowest BCUT2D eigenvalue weighted by Crippen LogP contribution is -2.65. The second-order valence-corrected chi connectivity index (χ2v) is 13.0. The van der Waals surface area contributed by atoms with Gasteiger partial charge >= 0.3 is 12.2 Å². The van der Waals surface area contributed by atoms with Crippen LogP contribution in [0.5, 0.6) is 5.75 Å². The third-order valence-electron chi connectivity index (χ3n) is 7.86. The molecule has 0 saturated carbocycles. The summed E-state index contributed by atoms with van der Waals surface area (Å²) >= 11 is 0.967. The number of thioether (sulfide) groups is 1. The summed E-state index contributed by atoms with van der Waals surface area (Å²) < 4.78 is 54.2. The Morgan fingerprint density at radius 2 is 1.58 bits per heavy atom. The number of carbonyl (C=O) groups is 3. The first kappa shape index (κ1) is 33.9. The van der Waals surface area contributed by atoms with Crippen LogP contribution in [0.25, 0.3) is 0 Å². The molecule has 3 aromatic carbocycles. The van der Waals surface area contributed by atoms with Crippen LogP contribution >= 0.6 is 11.8 Å². The monoisotopic (exact) mass is 648 g/mol. The molecule has 0 radical (unpaired) electrons. The van der Waals surface area contributed by atoms with E-state index in [0.717, 1.165) is 16.7 Å². The molecule has 0 spiro atoms. The zero-order chi connectivity index (χ0) is 33.2. The van der Waals surface area contributed by atoms with Gasteiger partial charge in [0.2, 0.25) is 0 Å². The third-order valence-corrected chi connectivity index (χ3v) is 9.23. The first-order valence-electron chi connectivity index (χ1n) is 14.1. The van der Waals surface area contributed by atoms with E-state index in [1.807, 2.05) is 0 Å². The van der Waals surface area contributed by atoms with Crippen molar-refractivity contribution in [1.82, 2.24) is 10.2 Å². The summed E-state index contributed by atoms with van der Waals surface area (Å²) in [6, 6.07) is 16.5. The number of halogens is 4. The Morgan fingerprint density at radius 3 is 2.16 bits per heavy atom. The van der Waals surface area contributed by atoms with Crippen LogP contribution in [0, 0.1) is 6.92 Å². The third kappa shape index (κ3) is 7.15. The molecule has 4 unspecified atom stereocenters. The van der Waals surface area contributed by atoms with Crippen molar-refractivity contribution >= 4 is 29.5 Å². The predicted octanol–water partition coefficient (Wildman–Crippen LogP) is 5.03. The van der Waals surface area contributed by atoms with Gasteiger partial charge in [-0.1, -0.05) is 66.7 Å². The summed E-state index contributed by atoms with van der Waals surface area (Å²) in [5.74, 6) is -4.22. The van der Waals surface area contributed by atoms with Crippen molar-refractivity contribution in [1.29, 1.82) is 0 Å². The first-order chi connectivity index (χ1) is 21.1. The molecule has 1 fully saturated rings. The van der Waals surface area contributed by atoms with Crippen LogP contribution in [0.2, 0.25) is 0 Å². The number of phenolic OH excluding ortho intramolecular Hbond substituents is 1. The van der Waals surface area contributed by atoms with Crippen LogP contribution in [0.3, 0.4) is 0 Å². The topological polar surface area (TPSA) is 107 Å². The highest BCUT2D eigenvalue weighted by Crippen LogP contribution is 2.45. The van der Waals surface area contributed by atoms with Gasteiger partial charge in [-0.15, -0.1) is 24.9 Å². The molecule has 8 nitrogen and oxygen atoms in total. The van der Waals surface area contributed by atoms with Crippen LogP contribution in [0.1, 0.15) is 40.9 Å². The Bertz CT molecular complexity index is 1540. The second kappa shape index (κ2) is 13.2. The molecule has 1 saturated heterocycles. The number of rotatable bonds is 9. The van der Waals surface area contributed by atoms with Crippen molar-refractivity contribution in [3.8, 4) is 5.75 Å². The van der Waals surface area contributed by atoms with Gasteiger partial charge in [0.15, 0.2) is 18.7 Å². The zero-order valence-corrected chi connectivity index (χ0v) is 25.6. The number of benzene rings is 3. The number of carbonyl (C=O) groups excluding carboxylic acids is 3. The van der Waals surface area contributed by atoms with Crippen LogP contribution in [-0.2, 0) is 22.6 Å². The first-order valence-corrected chi connectivity index (χ1v) is 15.0. The fraction of sp³-hybridized carbons (Fsp3) is 0.344. The van der Waals surface area contributed by atoms with Crippen LogP contribution in [0.15, 0.2) is 78.9 Å². The molecule has 0 bridgehead atoms. The van der Waals surface area contributed by atoms with E-state index in [0.29, 0.717) is 5.56 Å². The SMILES string of the molecule is Cc1c(O)cccc1C(=O)NC(Cc1ccccc1)C(O)C(=O)N1CSC(C)(C)C1C(=O)[N+](F)(Cc1ccccc1)C(F)(F)F. The number of hydrogen-bond donors (Lipinski definition) is 3. The largest absolute Gasteiger partial charge is 0.606 e. The average molecular weight is 649 g/mol. The minimum Gasteiger partial charge on any atom is -0.508 e. The lowest BCUT2D eigenvalue weighted by Gasteiger charge is -2.35. The number of nitrogens with one attached hydrogen (secondary N) is 1. The van der Waals surface area contributed by atoms with E-state index in [4.69, 9.17) is 0 Å². The molecule has 0 aliphatic carbocycles. The minimum atomic E-state index is -5.66. The van der Waals surface area contributed by atoms with Crippen molar-refractivity contribution in [3.63, 3.8) is 0 Å². The molecule has 4 atom stereocenters. The molecule has 1 heterocycles. The Balaban J connectivity index is 1.67. The van der Waals surface area contributed by atoms with Gasteiger partial charge in [0.05, 0.1) is 11.9 Å². The smallest absolute Gasteiger partial charge is 0.508 e. The Morgan fingerprint density at radius 1 is 1.00 bits per heavy atom. The normalized spacial score (nSPS) is 18.9. The number of aliphatic hydroxyl groups excluding tert-OH is 1. The molecule has 3 amide bonds. The van der Waals surface area contributed by atoms with Gasteiger partial charge in [-0.05, 0) is 44.9 Å². The van der Waals surface area contributed by atoms with Crippen molar-refractivity contribution < 1.29 is 47.0 Å². The molecule has 3 aromatic rings. The van der Waals surface area contributed by atoms with E-state index in [-0.39, 0.29) is 34.7 Å². The summed E-state index contributed by atoms with van der Waals surface area (Å²) in [6.07, 6.45) is -7.76. The van der Waals surface area contributed by atoms with Gasteiger partial charge in [0.1, 0.15) is 5.75 Å². The number of nitrogens with zero attached hydrogens (tertiary/aromatic N) is 2. The van der Waals surface area contributed by atoms with E-state index < -0.39 is 58.2 Å². The summed E-state index contributed by atoms with van der Waals surface area (Å²) in [5, 5.41) is 24.1. The maximum Gasteiger partial charge on any atom is 0.606 e. The maximum absolute atomic E-state index is 16.1. The van der Waals surface area contributed by atoms with Crippen molar-refractivity contribution in [2.24, 2.45) is 0 Å². The summed E-state index contributed by atoms with van der Waals surface area (Å²) in [5.41, 5.74) is 0.856. The summed E-state index contributed by atoms with van der Waals surface area (Å²) in [4.78, 5) is 41.5. The minimum absolute atomic E-state index is 0.0694. The molecule has 1 aliphatic rings. The molecule has 4 rings (SSSR count). The van der Waals surface area contributed by atoms with E-state index in [1.54, 1.807) is 30.3 Å². The lowest BCUT2D eigenvalue weighted by molar-refractivity contribution is -1.09. The Labute approximate surface area is 262 Å². The summed E-state index contributed by atoms with van der Waals surface area (Å²) in [7, 11) is 0. The van der Waals surface area contributed by atoms with Gasteiger partial charge in [-0.2, -0.15) is 0 Å². The highest BCUT2D eigenvalue weighted by atomic mass is 32.2. The van der Waals surface area contributed by atoms with E-state index in [2.05, 4.69) is 5.32 Å². The quantitative estimate of drug-likeness (QED) is 0.171. The molecule has 13 heteroatoms. The number of hydrogen-bond acceptors (Lipinski definition) is 6. The molecule has 1 aliphatic heterocycles. The number of aromatic hydroxyl groups is 1. The lowest BCUT2D eigenvalue weighted by atomic mass is 9.96. The average Bonchev–Trinajstić information content (AvgIpc) is 3.31. The molecule has 45 heavy (non-hydrogen) atoms. The van der Waals surface area contributed by atoms with Gasteiger partial charge in [-0.3, -0.25) is 9.59 Å². The van der Waals surface area contributed by atoms with Crippen LogP contribution in [0.4, 0.5) is 17.7 Å². The van der Waals surface area contributed by atoms with Crippen molar-refractivity contribution in [2.75, 3.05) is 5.88 Å². The van der Waals surface area contributed by atoms with Crippen molar-refractivity contribution in [3.05, 3.63) is 101 Å². The predicted molar refractivity (Wildman–Crippen MR) is 160 cm³/mol. The Kier molecular flexibility index (Phi) is 9.95. The zero-order valence-electron chi connectivity index (χ0n) is 24.8. The van der Waals surface area contributed by atoms with Gasteiger partial charge in [-0.25, -0.2) is 4.79 Å². The molecular formula is C32H34F4N3O5S+. The molecule has 3 N–H and O–H groups in total. The van der Waals surface area contributed by atoms with Gasteiger partial charge in [0.25, 0.3) is 11.8 Å². The number of quaternary nitrogens is 1. The van der Waals surface area contributed by atoms with Crippen LogP contribution in [-0.4, -0.2) is 72.7 Å². The van der Waals surface area contributed by atoms with E-state index in [9.17, 15) is 37.8 Å². The number of alkyl halides is 3. The molecule has 240 valence electrons. The van der Waals surface area contributed by atoms with Gasteiger partial charge < -0.3 is 20.4 Å². The number of phenols is 1. The summed E-state index contributed by atoms with van der Waals surface area (Å²) in [6.45, 7) is 3.02. The Hall–Kier alpha value is -3.94. The second-order valence-electron chi connectivity index (χ2n) is 11.4. The highest BCUT2D eigenvalue weighted by molar-refractivity contribution is 8.00. The van der Waals surface area contributed by atoms with Crippen LogP contribution < -0.4 is 5.32 Å². The van der Waals surface area contributed by atoms with Crippen molar-refractivity contribution in [2.45, 2.75) is 63.0 Å². The standard InChI is InChI=1S/C32H33F4N3O5S/c1-20-23(15-10-16-25(20)40)28(42)37-24(17-21-11-6-4-7-12-21)26(41)29(43)38-19-45-31(2,3)27(38)30(44)39(36,32(33,34)35)18-22-13-8-5-9-14-22/h4-16,24,26-27,41H,17-19H2,1-3H3,(H-,37,40,42)/p+1. The number of aliphatic hydroxyl groups is 1. The van der Waals surface area contributed by atoms with E-state index >= 15 is 4.48 Å².